The van der Waals surface area contributed by atoms with E-state index in [0.29, 0.717) is 19.5 Å². The van der Waals surface area contributed by atoms with Gasteiger partial charge in [-0.05, 0) is 49.1 Å². The predicted octanol–water partition coefficient (Wildman–Crippen LogP) is 5.42. The molecule has 0 atom stereocenters. The van der Waals surface area contributed by atoms with Crippen LogP contribution in [-0.4, -0.2) is 47.0 Å². The number of piperazine rings is 1. The molecule has 0 radical (unpaired) electrons. The second-order valence-electron chi connectivity index (χ2n) is 8.92. The number of carbonyl (C=O) groups is 1. The fourth-order valence-corrected chi connectivity index (χ4v) is 5.59. The molecule has 2 aromatic heterocycles. The Morgan fingerprint density at radius 2 is 1.62 bits per heavy atom. The van der Waals surface area contributed by atoms with Crippen LogP contribution in [0, 0.1) is 13.8 Å². The maximum atomic E-state index is 13.1. The van der Waals surface area contributed by atoms with Gasteiger partial charge in [0.2, 0.25) is 0 Å². The molecule has 4 aromatic rings. The molecule has 1 saturated heterocycles. The highest BCUT2D eigenvalue weighted by molar-refractivity contribution is 7.18. The van der Waals surface area contributed by atoms with Gasteiger partial charge in [-0.25, -0.2) is 9.97 Å². The normalized spacial score (nSPS) is 14.1. The summed E-state index contributed by atoms with van der Waals surface area (Å²) < 4.78 is 0. The van der Waals surface area contributed by atoms with Crippen LogP contribution in [0.3, 0.4) is 0 Å². The Morgan fingerprint density at radius 1 is 0.912 bits per heavy atom. The quantitative estimate of drug-likeness (QED) is 0.391. The lowest BCUT2D eigenvalue weighted by Crippen LogP contribution is -2.49. The molecule has 5 nitrogen and oxygen atoms in total. The molecular formula is C28H30N4OS. The zero-order valence-corrected chi connectivity index (χ0v) is 20.9. The molecule has 0 spiro atoms. The van der Waals surface area contributed by atoms with Crippen molar-refractivity contribution in [3.8, 4) is 0 Å². The number of thiophene rings is 1. The molecule has 0 aliphatic carbocycles. The fraction of sp³-hybridized carbons (Fsp3) is 0.321. The van der Waals surface area contributed by atoms with Crippen molar-refractivity contribution in [3.63, 3.8) is 0 Å². The minimum Gasteiger partial charge on any atom is -0.352 e. The van der Waals surface area contributed by atoms with Crippen molar-refractivity contribution in [2.75, 3.05) is 31.1 Å². The monoisotopic (exact) mass is 470 g/mol. The second-order valence-corrected chi connectivity index (χ2v) is 10.1. The molecule has 1 aliphatic rings. The zero-order chi connectivity index (χ0) is 23.7. The van der Waals surface area contributed by atoms with Gasteiger partial charge in [0.15, 0.2) is 0 Å². The van der Waals surface area contributed by atoms with Crippen molar-refractivity contribution in [2.45, 2.75) is 33.6 Å². The summed E-state index contributed by atoms with van der Waals surface area (Å²) in [6.07, 6.45) is 1.69. The molecule has 0 bridgehead atoms. The summed E-state index contributed by atoms with van der Waals surface area (Å²) >= 11 is 1.74. The molecule has 174 valence electrons. The topological polar surface area (TPSA) is 49.3 Å². The highest BCUT2D eigenvalue weighted by Crippen LogP contribution is 2.35. The Bertz CT molecular complexity index is 1310. The van der Waals surface area contributed by atoms with Gasteiger partial charge in [0, 0.05) is 43.0 Å². The van der Waals surface area contributed by atoms with E-state index in [1.54, 1.807) is 11.3 Å². The molecule has 2 aromatic carbocycles. The van der Waals surface area contributed by atoms with E-state index in [0.717, 1.165) is 46.9 Å². The molecule has 0 N–H and O–H groups in total. The molecule has 0 saturated carbocycles. The Hall–Kier alpha value is -3.25. The minimum absolute atomic E-state index is 0.113. The number of aromatic nitrogens is 2. The van der Waals surface area contributed by atoms with E-state index in [1.807, 2.05) is 23.1 Å². The second kappa shape index (κ2) is 9.55. The van der Waals surface area contributed by atoms with E-state index >= 15 is 0 Å². The number of rotatable bonds is 5. The van der Waals surface area contributed by atoms with Crippen molar-refractivity contribution >= 4 is 33.3 Å². The molecule has 3 heterocycles. The molecule has 5 rings (SSSR count). The lowest BCUT2D eigenvalue weighted by atomic mass is 10.1. The van der Waals surface area contributed by atoms with Gasteiger partial charge < -0.3 is 9.80 Å². The number of amides is 1. The summed E-state index contributed by atoms with van der Waals surface area (Å²) in [5.74, 6) is 1.98. The van der Waals surface area contributed by atoms with Crippen LogP contribution >= 0.6 is 11.3 Å². The predicted molar refractivity (Wildman–Crippen MR) is 140 cm³/mol. The Balaban J connectivity index is 1.39. The van der Waals surface area contributed by atoms with E-state index in [2.05, 4.69) is 62.1 Å². The van der Waals surface area contributed by atoms with E-state index in [1.165, 1.54) is 21.6 Å². The first-order valence-corrected chi connectivity index (χ1v) is 12.8. The number of hydrogen-bond donors (Lipinski definition) is 0. The Morgan fingerprint density at radius 3 is 2.29 bits per heavy atom. The van der Waals surface area contributed by atoms with Crippen molar-refractivity contribution in [3.05, 3.63) is 87.6 Å². The van der Waals surface area contributed by atoms with Gasteiger partial charge in [-0.3, -0.25) is 4.79 Å². The molecule has 6 heteroatoms. The first-order valence-electron chi connectivity index (χ1n) is 12.0. The number of carbonyl (C=O) groups excluding carboxylic acids is 1. The average molecular weight is 471 g/mol. The van der Waals surface area contributed by atoms with Crippen LogP contribution in [0.1, 0.15) is 44.7 Å². The van der Waals surface area contributed by atoms with Crippen LogP contribution < -0.4 is 4.90 Å². The fourth-order valence-electron chi connectivity index (χ4n) is 4.54. The lowest BCUT2D eigenvalue weighted by molar-refractivity contribution is 0.0746. The van der Waals surface area contributed by atoms with Crippen molar-refractivity contribution in [2.24, 2.45) is 0 Å². The highest BCUT2D eigenvalue weighted by Gasteiger charge is 2.26. The first-order chi connectivity index (χ1) is 16.5. The van der Waals surface area contributed by atoms with Crippen molar-refractivity contribution < 1.29 is 4.79 Å². The number of benzene rings is 2. The van der Waals surface area contributed by atoms with Crippen LogP contribution in [0.15, 0.2) is 54.6 Å². The van der Waals surface area contributed by atoms with Gasteiger partial charge in [-0.1, -0.05) is 49.4 Å². The van der Waals surface area contributed by atoms with E-state index in [9.17, 15) is 4.79 Å². The third kappa shape index (κ3) is 4.42. The van der Waals surface area contributed by atoms with Crippen LogP contribution in [0.4, 0.5) is 5.82 Å². The molecule has 1 amide bonds. The van der Waals surface area contributed by atoms with Crippen LogP contribution in [0.25, 0.3) is 10.2 Å². The average Bonchev–Trinajstić information content (AvgIpc) is 3.17. The van der Waals surface area contributed by atoms with Gasteiger partial charge in [-0.15, -0.1) is 11.3 Å². The van der Waals surface area contributed by atoms with Crippen LogP contribution in [0.2, 0.25) is 0 Å². The van der Waals surface area contributed by atoms with Gasteiger partial charge in [-0.2, -0.15) is 0 Å². The van der Waals surface area contributed by atoms with Crippen LogP contribution in [0.5, 0.6) is 0 Å². The third-order valence-electron chi connectivity index (χ3n) is 6.74. The number of hydrogen-bond acceptors (Lipinski definition) is 5. The highest BCUT2D eigenvalue weighted by atomic mass is 32.1. The summed E-state index contributed by atoms with van der Waals surface area (Å²) in [6.45, 7) is 9.36. The summed E-state index contributed by atoms with van der Waals surface area (Å²) in [4.78, 5) is 29.7. The molecule has 1 fully saturated rings. The van der Waals surface area contributed by atoms with Crippen molar-refractivity contribution in [1.82, 2.24) is 14.9 Å². The number of aryl methyl sites for hydroxylation is 3. The zero-order valence-electron chi connectivity index (χ0n) is 20.0. The smallest absolute Gasteiger partial charge is 0.253 e. The molecule has 1 aliphatic heterocycles. The number of nitrogens with zero attached hydrogens (tertiary/aromatic N) is 4. The first kappa shape index (κ1) is 22.5. The lowest BCUT2D eigenvalue weighted by Gasteiger charge is -2.36. The SMILES string of the molecule is CCc1ccc(C(=O)N2CCN(c3nc(Cc4ccccc4)nc4sc(C)c(C)c34)CC2)cc1. The van der Waals surface area contributed by atoms with Gasteiger partial charge in [0.25, 0.3) is 5.91 Å². The summed E-state index contributed by atoms with van der Waals surface area (Å²) in [7, 11) is 0. The standard InChI is InChI=1S/C28H30N4OS/c1-4-21-10-12-23(13-11-21)28(33)32-16-14-31(15-17-32)26-25-19(2)20(3)34-27(25)30-24(29-26)18-22-8-6-5-7-9-22/h5-13H,4,14-18H2,1-3H3. The Labute approximate surface area is 205 Å². The number of anilines is 1. The molecule has 0 unspecified atom stereocenters. The van der Waals surface area contributed by atoms with Crippen molar-refractivity contribution in [1.29, 1.82) is 0 Å². The minimum atomic E-state index is 0.113. The summed E-state index contributed by atoms with van der Waals surface area (Å²) in [5.41, 5.74) is 4.49. The molecule has 34 heavy (non-hydrogen) atoms. The van der Waals surface area contributed by atoms with Crippen LogP contribution in [-0.2, 0) is 12.8 Å². The summed E-state index contributed by atoms with van der Waals surface area (Å²) in [6, 6.07) is 18.4. The Kier molecular flexibility index (Phi) is 6.33. The third-order valence-corrected chi connectivity index (χ3v) is 7.84. The van der Waals surface area contributed by atoms with Gasteiger partial charge in [0.05, 0.1) is 5.39 Å². The van der Waals surface area contributed by atoms with Gasteiger partial charge in [0.1, 0.15) is 16.5 Å². The maximum absolute atomic E-state index is 13.1. The van der Waals surface area contributed by atoms with E-state index < -0.39 is 0 Å². The van der Waals surface area contributed by atoms with E-state index in [-0.39, 0.29) is 5.91 Å². The maximum Gasteiger partial charge on any atom is 0.253 e. The largest absolute Gasteiger partial charge is 0.352 e. The molecular weight excluding hydrogens is 440 g/mol. The van der Waals surface area contributed by atoms with E-state index in [4.69, 9.17) is 9.97 Å². The number of fused-ring (bicyclic) bond motifs is 1. The van der Waals surface area contributed by atoms with Gasteiger partial charge >= 0.3 is 0 Å². The summed E-state index contributed by atoms with van der Waals surface area (Å²) in [5, 5.41) is 1.16.